The number of esters is 1. The molecule has 3 rings (SSSR count). The number of nitrogens with zero attached hydrogens (tertiary/aromatic N) is 1. The fourth-order valence-corrected chi connectivity index (χ4v) is 3.88. The maximum absolute atomic E-state index is 12.6. The van der Waals surface area contributed by atoms with E-state index in [4.69, 9.17) is 4.74 Å². The van der Waals surface area contributed by atoms with Crippen LogP contribution in [0.4, 0.5) is 0 Å². The van der Waals surface area contributed by atoms with E-state index in [0.29, 0.717) is 10.4 Å². The molecule has 0 unspecified atom stereocenters. The zero-order valence-electron chi connectivity index (χ0n) is 15.3. The first-order valence-corrected chi connectivity index (χ1v) is 10.1. The number of rotatable bonds is 7. The van der Waals surface area contributed by atoms with Crippen LogP contribution >= 0.6 is 0 Å². The summed E-state index contributed by atoms with van der Waals surface area (Å²) in [6.07, 6.45) is 0.188. The lowest BCUT2D eigenvalue weighted by Gasteiger charge is -2.16. The molecule has 1 amide bonds. The predicted molar refractivity (Wildman–Crippen MR) is 107 cm³/mol. The summed E-state index contributed by atoms with van der Waals surface area (Å²) in [6.45, 7) is 0. The maximum atomic E-state index is 12.6. The van der Waals surface area contributed by atoms with Gasteiger partial charge in [-0.05, 0) is 30.7 Å². The third kappa shape index (κ3) is 4.80. The maximum Gasteiger partial charge on any atom is 0.328 e. The number of para-hydroxylation sites is 1. The molecule has 1 aromatic heterocycles. The number of pyridine rings is 1. The number of hydrogen-bond acceptors (Lipinski definition) is 5. The number of fused-ring (bicyclic) bond motifs is 1. The van der Waals surface area contributed by atoms with Gasteiger partial charge in [-0.25, -0.2) is 9.78 Å². The van der Waals surface area contributed by atoms with Gasteiger partial charge in [-0.3, -0.25) is 9.00 Å². The van der Waals surface area contributed by atoms with Gasteiger partial charge in [-0.15, -0.1) is 0 Å². The fourth-order valence-electron chi connectivity index (χ4n) is 2.73. The third-order valence-corrected chi connectivity index (χ3v) is 5.62. The summed E-state index contributed by atoms with van der Waals surface area (Å²) in [5.74, 6) is -0.847. The summed E-state index contributed by atoms with van der Waals surface area (Å²) in [4.78, 5) is 29.7. The van der Waals surface area contributed by atoms with Gasteiger partial charge in [0.1, 0.15) is 11.7 Å². The number of carbonyl (C=O) groups excluding carboxylic acids is 2. The summed E-state index contributed by atoms with van der Waals surface area (Å²) < 4.78 is 17.2. The molecule has 0 spiro atoms. The van der Waals surface area contributed by atoms with Crippen molar-refractivity contribution in [1.29, 1.82) is 0 Å². The van der Waals surface area contributed by atoms with Crippen molar-refractivity contribution in [2.75, 3.05) is 12.9 Å². The molecule has 1 heterocycles. The van der Waals surface area contributed by atoms with Gasteiger partial charge in [0.2, 0.25) is 0 Å². The minimum Gasteiger partial charge on any atom is -0.467 e. The van der Waals surface area contributed by atoms with Crippen LogP contribution in [0, 0.1) is 0 Å². The summed E-state index contributed by atoms with van der Waals surface area (Å²) in [5.41, 5.74) is 0.895. The third-order valence-electron chi connectivity index (χ3n) is 4.22. The van der Waals surface area contributed by atoms with Gasteiger partial charge in [-0.1, -0.05) is 42.5 Å². The van der Waals surface area contributed by atoms with Crippen molar-refractivity contribution in [3.05, 3.63) is 72.4 Å². The molecular formula is C21H20N2O4S. The molecule has 0 saturated heterocycles. The zero-order chi connectivity index (χ0) is 19.9. The second-order valence-corrected chi connectivity index (χ2v) is 7.66. The lowest BCUT2D eigenvalue weighted by molar-refractivity contribution is -0.142. The largest absolute Gasteiger partial charge is 0.467 e. The molecule has 1 N–H and O–H groups in total. The summed E-state index contributed by atoms with van der Waals surface area (Å²) in [6, 6.07) is 18.9. The number of carbonyl (C=O) groups is 2. The number of aromatic nitrogens is 1. The average molecular weight is 396 g/mol. The van der Waals surface area contributed by atoms with Crippen LogP contribution in [0.5, 0.6) is 0 Å². The van der Waals surface area contributed by atoms with E-state index in [2.05, 4.69) is 10.3 Å². The lowest BCUT2D eigenvalue weighted by Crippen LogP contribution is -2.42. The molecule has 0 radical (unpaired) electrons. The SMILES string of the molecule is COC(=O)[C@@H](CC[S@@](=O)c1ccccc1)NC(=O)c1ccc2ccccc2n1. The Morgan fingerprint density at radius 2 is 1.75 bits per heavy atom. The van der Waals surface area contributed by atoms with Gasteiger partial charge in [0.05, 0.1) is 23.4 Å². The Morgan fingerprint density at radius 1 is 1.04 bits per heavy atom. The van der Waals surface area contributed by atoms with Gasteiger partial charge in [0.25, 0.3) is 5.91 Å². The highest BCUT2D eigenvalue weighted by atomic mass is 32.2. The number of ether oxygens (including phenoxy) is 1. The highest BCUT2D eigenvalue weighted by Crippen LogP contribution is 2.13. The predicted octanol–water partition coefficient (Wildman–Crippen LogP) is 2.70. The van der Waals surface area contributed by atoms with Crippen LogP contribution in [0.2, 0.25) is 0 Å². The number of hydrogen-bond donors (Lipinski definition) is 1. The lowest BCUT2D eigenvalue weighted by atomic mass is 10.2. The zero-order valence-corrected chi connectivity index (χ0v) is 16.1. The van der Waals surface area contributed by atoms with Crippen molar-refractivity contribution in [1.82, 2.24) is 10.3 Å². The summed E-state index contributed by atoms with van der Waals surface area (Å²) >= 11 is 0. The Kier molecular flexibility index (Phi) is 6.49. The first kappa shape index (κ1) is 19.7. The van der Waals surface area contributed by atoms with Crippen LogP contribution in [-0.2, 0) is 20.3 Å². The van der Waals surface area contributed by atoms with Crippen molar-refractivity contribution in [3.8, 4) is 0 Å². The molecule has 0 bridgehead atoms. The number of nitrogens with one attached hydrogen (secondary N) is 1. The second-order valence-electron chi connectivity index (χ2n) is 6.09. The van der Waals surface area contributed by atoms with Gasteiger partial charge in [-0.2, -0.15) is 0 Å². The molecular weight excluding hydrogens is 376 g/mol. The molecule has 0 saturated carbocycles. The van der Waals surface area contributed by atoms with E-state index < -0.39 is 28.7 Å². The molecule has 2 aromatic carbocycles. The van der Waals surface area contributed by atoms with E-state index in [9.17, 15) is 13.8 Å². The van der Waals surface area contributed by atoms with Crippen molar-refractivity contribution in [2.24, 2.45) is 0 Å². The van der Waals surface area contributed by atoms with Crippen LogP contribution in [0.3, 0.4) is 0 Å². The van der Waals surface area contributed by atoms with Gasteiger partial charge in [0, 0.05) is 16.0 Å². The number of amides is 1. The monoisotopic (exact) mass is 396 g/mol. The van der Waals surface area contributed by atoms with Crippen LogP contribution in [-0.4, -0.2) is 40.0 Å². The Bertz CT molecular complexity index is 1010. The van der Waals surface area contributed by atoms with Crippen LogP contribution in [0.1, 0.15) is 16.9 Å². The van der Waals surface area contributed by atoms with Gasteiger partial charge < -0.3 is 10.1 Å². The number of methoxy groups -OCH3 is 1. The molecule has 144 valence electrons. The standard InChI is InChI=1S/C21H20N2O4S/c1-27-21(25)19(13-14-28(26)16-8-3-2-4-9-16)23-20(24)18-12-11-15-7-5-6-10-17(15)22-18/h2-12,19H,13-14H2,1H3,(H,23,24)/t19-,28-/m1/s1. The normalized spacial score (nSPS) is 12.9. The van der Waals surface area contributed by atoms with E-state index in [-0.39, 0.29) is 17.9 Å². The van der Waals surface area contributed by atoms with E-state index in [1.165, 1.54) is 7.11 Å². The van der Waals surface area contributed by atoms with Crippen LogP contribution < -0.4 is 5.32 Å². The van der Waals surface area contributed by atoms with E-state index >= 15 is 0 Å². The molecule has 2 atom stereocenters. The minimum atomic E-state index is -1.28. The van der Waals surface area contributed by atoms with Crippen molar-refractivity contribution < 1.29 is 18.5 Å². The highest BCUT2D eigenvalue weighted by Gasteiger charge is 2.23. The molecule has 0 aliphatic heterocycles. The molecule has 0 aliphatic rings. The van der Waals surface area contributed by atoms with E-state index in [0.717, 1.165) is 5.39 Å². The highest BCUT2D eigenvalue weighted by molar-refractivity contribution is 7.85. The number of benzene rings is 2. The quantitative estimate of drug-likeness (QED) is 0.621. The summed E-state index contributed by atoms with van der Waals surface area (Å²) in [7, 11) is -0.0212. The van der Waals surface area contributed by atoms with Crippen molar-refractivity contribution in [2.45, 2.75) is 17.4 Å². The first-order valence-electron chi connectivity index (χ1n) is 8.76. The summed E-state index contributed by atoms with van der Waals surface area (Å²) in [5, 5.41) is 3.56. The Morgan fingerprint density at radius 3 is 2.50 bits per heavy atom. The van der Waals surface area contributed by atoms with Crippen LogP contribution in [0.25, 0.3) is 10.9 Å². The Balaban J connectivity index is 1.69. The average Bonchev–Trinajstić information content (AvgIpc) is 2.75. The molecule has 6 nitrogen and oxygen atoms in total. The van der Waals surface area contributed by atoms with Gasteiger partial charge >= 0.3 is 5.97 Å². The first-order chi connectivity index (χ1) is 13.6. The Labute approximate surface area is 165 Å². The molecule has 3 aromatic rings. The van der Waals surface area contributed by atoms with Crippen LogP contribution in [0.15, 0.2) is 71.6 Å². The van der Waals surface area contributed by atoms with E-state index in [1.807, 2.05) is 30.3 Å². The molecule has 7 heteroatoms. The Hall–Kier alpha value is -3.06. The molecule has 0 fully saturated rings. The van der Waals surface area contributed by atoms with Crippen molar-refractivity contribution in [3.63, 3.8) is 0 Å². The fraction of sp³-hybridized carbons (Fsp3) is 0.190. The molecule has 28 heavy (non-hydrogen) atoms. The van der Waals surface area contributed by atoms with Crippen molar-refractivity contribution >= 4 is 33.6 Å². The topological polar surface area (TPSA) is 85.4 Å². The second kappa shape index (κ2) is 9.23. The molecule has 0 aliphatic carbocycles. The van der Waals surface area contributed by atoms with E-state index in [1.54, 1.807) is 36.4 Å². The smallest absolute Gasteiger partial charge is 0.328 e. The van der Waals surface area contributed by atoms with Gasteiger partial charge in [0.15, 0.2) is 0 Å². The minimum absolute atomic E-state index is 0.188.